The van der Waals surface area contributed by atoms with Gasteiger partial charge in [0.15, 0.2) is 0 Å². The van der Waals surface area contributed by atoms with Crippen LogP contribution in [-0.2, 0) is 6.54 Å². The fourth-order valence-corrected chi connectivity index (χ4v) is 2.31. The van der Waals surface area contributed by atoms with E-state index in [1.165, 1.54) is 0 Å². The Balaban J connectivity index is 1.62. The van der Waals surface area contributed by atoms with Crippen molar-refractivity contribution in [1.29, 1.82) is 0 Å². The van der Waals surface area contributed by atoms with E-state index in [0.29, 0.717) is 28.0 Å². The quantitative estimate of drug-likeness (QED) is 0.693. The molecule has 24 heavy (non-hydrogen) atoms. The SMILES string of the molecule is O=C(NCc1ccco1)c1ccc(Nc2ccc(Cl)c(Cl)c2)cn1. The summed E-state index contributed by atoms with van der Waals surface area (Å²) < 4.78 is 5.16. The summed E-state index contributed by atoms with van der Waals surface area (Å²) in [4.78, 5) is 16.2. The third-order valence-corrected chi connectivity index (χ3v) is 3.95. The average Bonchev–Trinajstić information content (AvgIpc) is 3.10. The van der Waals surface area contributed by atoms with Crippen LogP contribution < -0.4 is 10.6 Å². The van der Waals surface area contributed by atoms with Crippen molar-refractivity contribution in [2.75, 3.05) is 5.32 Å². The number of carbonyl (C=O) groups excluding carboxylic acids is 1. The molecule has 5 nitrogen and oxygen atoms in total. The molecule has 3 aromatic rings. The molecular weight excluding hydrogens is 349 g/mol. The lowest BCUT2D eigenvalue weighted by atomic mass is 10.2. The van der Waals surface area contributed by atoms with Crippen LogP contribution in [0.1, 0.15) is 16.2 Å². The van der Waals surface area contributed by atoms with Crippen LogP contribution in [0.4, 0.5) is 11.4 Å². The second-order valence-corrected chi connectivity index (χ2v) is 5.76. The summed E-state index contributed by atoms with van der Waals surface area (Å²) in [7, 11) is 0. The molecule has 0 bridgehead atoms. The van der Waals surface area contributed by atoms with Crippen LogP contribution in [0.15, 0.2) is 59.3 Å². The molecule has 3 rings (SSSR count). The highest BCUT2D eigenvalue weighted by atomic mass is 35.5. The van der Waals surface area contributed by atoms with Gasteiger partial charge < -0.3 is 15.1 Å². The van der Waals surface area contributed by atoms with Gasteiger partial charge in [-0.3, -0.25) is 4.79 Å². The number of rotatable bonds is 5. The first kappa shape index (κ1) is 16.4. The molecule has 2 aromatic heterocycles. The minimum absolute atomic E-state index is 0.271. The second-order valence-electron chi connectivity index (χ2n) is 4.95. The van der Waals surface area contributed by atoms with Crippen molar-refractivity contribution in [1.82, 2.24) is 10.3 Å². The minimum Gasteiger partial charge on any atom is -0.467 e. The number of anilines is 2. The topological polar surface area (TPSA) is 67.2 Å². The van der Waals surface area contributed by atoms with Gasteiger partial charge in [0.1, 0.15) is 11.5 Å². The van der Waals surface area contributed by atoms with Crippen LogP contribution >= 0.6 is 23.2 Å². The number of hydrogen-bond acceptors (Lipinski definition) is 4. The van der Waals surface area contributed by atoms with E-state index in [-0.39, 0.29) is 5.91 Å². The molecular formula is C17H13Cl2N3O2. The molecule has 0 saturated carbocycles. The smallest absolute Gasteiger partial charge is 0.270 e. The maximum atomic E-state index is 12.0. The van der Waals surface area contributed by atoms with Crippen LogP contribution in [0, 0.1) is 0 Å². The van der Waals surface area contributed by atoms with Crippen molar-refractivity contribution in [2.45, 2.75) is 6.54 Å². The lowest BCUT2D eigenvalue weighted by molar-refractivity contribution is 0.0943. The van der Waals surface area contributed by atoms with Crippen molar-refractivity contribution in [2.24, 2.45) is 0 Å². The number of furan rings is 1. The third-order valence-electron chi connectivity index (χ3n) is 3.21. The molecule has 0 spiro atoms. The molecule has 1 amide bonds. The van der Waals surface area contributed by atoms with E-state index >= 15 is 0 Å². The van der Waals surface area contributed by atoms with E-state index in [2.05, 4.69) is 15.6 Å². The van der Waals surface area contributed by atoms with E-state index < -0.39 is 0 Å². The molecule has 0 aliphatic rings. The number of amides is 1. The highest BCUT2D eigenvalue weighted by molar-refractivity contribution is 6.42. The summed E-state index contributed by atoms with van der Waals surface area (Å²) in [6.07, 6.45) is 3.13. The van der Waals surface area contributed by atoms with Crippen molar-refractivity contribution in [3.05, 3.63) is 76.4 Å². The van der Waals surface area contributed by atoms with Gasteiger partial charge in [0, 0.05) is 5.69 Å². The summed E-state index contributed by atoms with van der Waals surface area (Å²) >= 11 is 11.9. The highest BCUT2D eigenvalue weighted by Crippen LogP contribution is 2.26. The third kappa shape index (κ3) is 4.07. The Hall–Kier alpha value is -2.50. The number of halogens is 2. The lowest BCUT2D eigenvalue weighted by Gasteiger charge is -2.08. The zero-order valence-electron chi connectivity index (χ0n) is 12.4. The van der Waals surface area contributed by atoms with Gasteiger partial charge >= 0.3 is 0 Å². The van der Waals surface area contributed by atoms with Gasteiger partial charge in [0.2, 0.25) is 0 Å². The van der Waals surface area contributed by atoms with E-state index in [1.807, 2.05) is 0 Å². The van der Waals surface area contributed by atoms with Gasteiger partial charge in [-0.2, -0.15) is 0 Å². The number of nitrogens with one attached hydrogen (secondary N) is 2. The lowest BCUT2D eigenvalue weighted by Crippen LogP contribution is -2.23. The van der Waals surface area contributed by atoms with Crippen molar-refractivity contribution in [3.63, 3.8) is 0 Å². The summed E-state index contributed by atoms with van der Waals surface area (Å²) in [6, 6.07) is 12.2. The summed E-state index contributed by atoms with van der Waals surface area (Å²) in [5.74, 6) is 0.411. The maximum absolute atomic E-state index is 12.0. The molecule has 122 valence electrons. The molecule has 2 heterocycles. The van der Waals surface area contributed by atoms with Crippen LogP contribution in [0.3, 0.4) is 0 Å². The molecule has 0 aliphatic heterocycles. The predicted molar refractivity (Wildman–Crippen MR) is 93.9 cm³/mol. The first-order valence-electron chi connectivity index (χ1n) is 7.10. The Bertz CT molecular complexity index is 834. The Morgan fingerprint density at radius 1 is 1.08 bits per heavy atom. The molecule has 0 radical (unpaired) electrons. The first-order chi connectivity index (χ1) is 11.6. The molecule has 2 N–H and O–H groups in total. The van der Waals surface area contributed by atoms with Crippen molar-refractivity contribution in [3.8, 4) is 0 Å². The van der Waals surface area contributed by atoms with Crippen LogP contribution in [-0.4, -0.2) is 10.9 Å². The fraction of sp³-hybridized carbons (Fsp3) is 0.0588. The van der Waals surface area contributed by atoms with Gasteiger partial charge in [-0.15, -0.1) is 0 Å². The molecule has 7 heteroatoms. The number of benzene rings is 1. The van der Waals surface area contributed by atoms with Gasteiger partial charge in [-0.25, -0.2) is 4.98 Å². The standard InChI is InChI=1S/C17H13Cl2N3O2/c18-14-5-3-11(8-15(14)19)22-12-4-6-16(20-9-12)17(23)21-10-13-2-1-7-24-13/h1-9,22H,10H2,(H,21,23). The Morgan fingerprint density at radius 3 is 2.58 bits per heavy atom. The monoisotopic (exact) mass is 361 g/mol. The van der Waals surface area contributed by atoms with Crippen molar-refractivity contribution >= 4 is 40.5 Å². The van der Waals surface area contributed by atoms with Gasteiger partial charge in [0.25, 0.3) is 5.91 Å². The number of nitrogens with zero attached hydrogens (tertiary/aromatic N) is 1. The Labute approximate surface area is 148 Å². The Kier molecular flexibility index (Phi) is 5.03. The molecule has 0 aliphatic carbocycles. The number of carbonyl (C=O) groups is 1. The number of pyridine rings is 1. The summed E-state index contributed by atoms with van der Waals surface area (Å²) in [6.45, 7) is 0.316. The number of hydrogen-bond donors (Lipinski definition) is 2. The molecule has 0 fully saturated rings. The first-order valence-corrected chi connectivity index (χ1v) is 7.86. The van der Waals surface area contributed by atoms with E-state index in [9.17, 15) is 4.79 Å². The maximum Gasteiger partial charge on any atom is 0.270 e. The van der Waals surface area contributed by atoms with E-state index in [0.717, 1.165) is 11.4 Å². The second kappa shape index (κ2) is 7.38. The van der Waals surface area contributed by atoms with Crippen LogP contribution in [0.5, 0.6) is 0 Å². The molecule has 1 aromatic carbocycles. The normalized spacial score (nSPS) is 10.4. The molecule has 0 unspecified atom stereocenters. The van der Waals surface area contributed by atoms with Gasteiger partial charge in [0.05, 0.1) is 34.7 Å². The number of aromatic nitrogens is 1. The van der Waals surface area contributed by atoms with Gasteiger partial charge in [-0.1, -0.05) is 23.2 Å². The predicted octanol–water partition coefficient (Wildman–Crippen LogP) is 4.66. The fourth-order valence-electron chi connectivity index (χ4n) is 2.01. The van der Waals surface area contributed by atoms with Crippen molar-refractivity contribution < 1.29 is 9.21 Å². The van der Waals surface area contributed by atoms with Crippen LogP contribution in [0.2, 0.25) is 10.0 Å². The van der Waals surface area contributed by atoms with E-state index in [1.54, 1.807) is 54.9 Å². The summed E-state index contributed by atoms with van der Waals surface area (Å²) in [5, 5.41) is 6.83. The van der Waals surface area contributed by atoms with Crippen LogP contribution in [0.25, 0.3) is 0 Å². The minimum atomic E-state index is -0.271. The highest BCUT2D eigenvalue weighted by Gasteiger charge is 2.08. The van der Waals surface area contributed by atoms with Gasteiger partial charge in [-0.05, 0) is 42.5 Å². The van der Waals surface area contributed by atoms with E-state index in [4.69, 9.17) is 27.6 Å². The largest absolute Gasteiger partial charge is 0.467 e. The zero-order valence-corrected chi connectivity index (χ0v) is 13.9. The molecule has 0 saturated heterocycles. The zero-order chi connectivity index (χ0) is 16.9. The summed E-state index contributed by atoms with van der Waals surface area (Å²) in [5.41, 5.74) is 1.83. The Morgan fingerprint density at radius 2 is 1.92 bits per heavy atom. The average molecular weight is 362 g/mol. The molecule has 0 atom stereocenters.